The number of rotatable bonds is 4. The van der Waals surface area contributed by atoms with Crippen molar-refractivity contribution < 1.29 is 14.9 Å². The number of nitrogens with zero attached hydrogens (tertiary/aromatic N) is 1. The second-order valence-corrected chi connectivity index (χ2v) is 3.97. The molecule has 0 heterocycles. The number of ether oxygens (including phenoxy) is 1. The van der Waals surface area contributed by atoms with Gasteiger partial charge in [-0.1, -0.05) is 12.1 Å². The van der Waals surface area contributed by atoms with E-state index in [1.165, 1.54) is 0 Å². The molecule has 0 radical (unpaired) electrons. The fourth-order valence-corrected chi connectivity index (χ4v) is 1.71. The largest absolute Gasteiger partial charge is 0.507 e. The highest BCUT2D eigenvalue weighted by Crippen LogP contribution is 2.24. The van der Waals surface area contributed by atoms with Gasteiger partial charge in [-0.15, -0.1) is 0 Å². The van der Waals surface area contributed by atoms with Gasteiger partial charge in [0.05, 0.1) is 19.4 Å². The third-order valence-corrected chi connectivity index (χ3v) is 2.72. The summed E-state index contributed by atoms with van der Waals surface area (Å²) in [6, 6.07) is 12.2. The highest BCUT2D eigenvalue weighted by Gasteiger charge is 2.02. The van der Waals surface area contributed by atoms with Gasteiger partial charge in [-0.2, -0.15) is 0 Å². The first-order chi connectivity index (χ1) is 9.24. The summed E-state index contributed by atoms with van der Waals surface area (Å²) in [5.41, 5.74) is 2.01. The van der Waals surface area contributed by atoms with Crippen molar-refractivity contribution in [2.45, 2.75) is 6.61 Å². The number of aliphatic imine (C=N–C) groups is 1. The molecule has 0 aliphatic carbocycles. The summed E-state index contributed by atoms with van der Waals surface area (Å²) < 4.78 is 5.12. The molecule has 0 atom stereocenters. The van der Waals surface area contributed by atoms with Crippen LogP contribution in [0.2, 0.25) is 0 Å². The van der Waals surface area contributed by atoms with E-state index in [4.69, 9.17) is 4.74 Å². The van der Waals surface area contributed by atoms with Crippen LogP contribution in [0, 0.1) is 0 Å². The molecule has 0 unspecified atom stereocenters. The molecule has 2 aromatic rings. The van der Waals surface area contributed by atoms with Gasteiger partial charge < -0.3 is 14.9 Å². The molecule has 4 nitrogen and oxygen atoms in total. The van der Waals surface area contributed by atoms with Gasteiger partial charge in [0.2, 0.25) is 0 Å². The lowest BCUT2D eigenvalue weighted by atomic mass is 10.2. The monoisotopic (exact) mass is 257 g/mol. The van der Waals surface area contributed by atoms with Crippen molar-refractivity contribution in [2.24, 2.45) is 4.99 Å². The zero-order valence-corrected chi connectivity index (χ0v) is 10.6. The molecule has 0 bridgehead atoms. The number of aliphatic hydroxyl groups is 1. The number of aliphatic hydroxyl groups excluding tert-OH is 1. The molecule has 0 aliphatic rings. The molecule has 4 heteroatoms. The van der Waals surface area contributed by atoms with E-state index in [2.05, 4.69) is 4.99 Å². The number of methoxy groups -OCH3 is 1. The Bertz CT molecular complexity index is 594. The van der Waals surface area contributed by atoms with Gasteiger partial charge in [0.15, 0.2) is 0 Å². The highest BCUT2D eigenvalue weighted by atomic mass is 16.5. The standard InChI is InChI=1S/C15H15NO3/c1-19-15-7-6-13(8-12(15)10-17)16-9-11-4-2-3-5-14(11)18/h2-9,17-18H,10H2,1H3. The van der Waals surface area contributed by atoms with Crippen molar-refractivity contribution in [3.8, 4) is 11.5 Å². The number of hydrogen-bond donors (Lipinski definition) is 2. The van der Waals surface area contributed by atoms with Crippen LogP contribution in [0.4, 0.5) is 5.69 Å². The number of hydrogen-bond acceptors (Lipinski definition) is 4. The minimum Gasteiger partial charge on any atom is -0.507 e. The summed E-state index contributed by atoms with van der Waals surface area (Å²) in [7, 11) is 1.56. The van der Waals surface area contributed by atoms with Crippen LogP contribution in [0.1, 0.15) is 11.1 Å². The summed E-state index contributed by atoms with van der Waals surface area (Å²) >= 11 is 0. The van der Waals surface area contributed by atoms with Gasteiger partial charge in [0.25, 0.3) is 0 Å². The van der Waals surface area contributed by atoms with Gasteiger partial charge >= 0.3 is 0 Å². The van der Waals surface area contributed by atoms with Gasteiger partial charge in [-0.25, -0.2) is 0 Å². The van der Waals surface area contributed by atoms with Gasteiger partial charge in [0, 0.05) is 17.3 Å². The molecule has 2 rings (SSSR count). The predicted molar refractivity (Wildman–Crippen MR) is 74.3 cm³/mol. The Morgan fingerprint density at radius 1 is 1.21 bits per heavy atom. The van der Waals surface area contributed by atoms with E-state index in [0.29, 0.717) is 22.6 Å². The van der Waals surface area contributed by atoms with Gasteiger partial charge in [0.1, 0.15) is 11.5 Å². The summed E-state index contributed by atoms with van der Waals surface area (Å²) in [4.78, 5) is 4.27. The van der Waals surface area contributed by atoms with E-state index in [9.17, 15) is 10.2 Å². The summed E-state index contributed by atoms with van der Waals surface area (Å²) in [6.45, 7) is -0.108. The van der Waals surface area contributed by atoms with E-state index >= 15 is 0 Å². The average molecular weight is 257 g/mol. The van der Waals surface area contributed by atoms with Crippen molar-refractivity contribution in [1.82, 2.24) is 0 Å². The molecule has 98 valence electrons. The maximum absolute atomic E-state index is 9.62. The van der Waals surface area contributed by atoms with Crippen LogP contribution < -0.4 is 4.74 Å². The number of para-hydroxylation sites is 1. The first-order valence-corrected chi connectivity index (χ1v) is 5.84. The number of phenols is 1. The molecule has 2 N–H and O–H groups in total. The topological polar surface area (TPSA) is 62.0 Å². The fourth-order valence-electron chi connectivity index (χ4n) is 1.71. The zero-order valence-electron chi connectivity index (χ0n) is 10.6. The molecule has 0 fully saturated rings. The lowest BCUT2D eigenvalue weighted by molar-refractivity contribution is 0.274. The molecule has 0 spiro atoms. The van der Waals surface area contributed by atoms with Crippen molar-refractivity contribution in [3.63, 3.8) is 0 Å². The van der Waals surface area contributed by atoms with Crippen LogP contribution in [0.3, 0.4) is 0 Å². The Labute approximate surface area is 111 Å². The van der Waals surface area contributed by atoms with Crippen molar-refractivity contribution in [3.05, 3.63) is 53.6 Å². The smallest absolute Gasteiger partial charge is 0.124 e. The third-order valence-electron chi connectivity index (χ3n) is 2.72. The molecule has 0 saturated heterocycles. The minimum atomic E-state index is -0.108. The Hall–Kier alpha value is -2.33. The van der Waals surface area contributed by atoms with Crippen LogP contribution in [-0.2, 0) is 6.61 Å². The van der Waals surface area contributed by atoms with Crippen molar-refractivity contribution >= 4 is 11.9 Å². The molecule has 0 saturated carbocycles. The van der Waals surface area contributed by atoms with E-state index in [1.54, 1.807) is 49.7 Å². The van der Waals surface area contributed by atoms with Crippen LogP contribution >= 0.6 is 0 Å². The Kier molecular flexibility index (Phi) is 4.15. The van der Waals surface area contributed by atoms with E-state index < -0.39 is 0 Å². The van der Waals surface area contributed by atoms with Crippen molar-refractivity contribution in [1.29, 1.82) is 0 Å². The first-order valence-electron chi connectivity index (χ1n) is 5.84. The summed E-state index contributed by atoms with van der Waals surface area (Å²) in [6.07, 6.45) is 1.58. The summed E-state index contributed by atoms with van der Waals surface area (Å²) in [5.74, 6) is 0.811. The lowest BCUT2D eigenvalue weighted by Crippen LogP contribution is -1.91. The zero-order chi connectivity index (χ0) is 13.7. The minimum absolute atomic E-state index is 0.108. The maximum atomic E-state index is 9.62. The van der Waals surface area contributed by atoms with Crippen LogP contribution in [-0.4, -0.2) is 23.5 Å². The van der Waals surface area contributed by atoms with E-state index in [1.807, 2.05) is 6.07 Å². The van der Waals surface area contributed by atoms with Crippen LogP contribution in [0.5, 0.6) is 11.5 Å². The second kappa shape index (κ2) is 6.02. The maximum Gasteiger partial charge on any atom is 0.124 e. The molecular formula is C15H15NO3. The predicted octanol–water partition coefficient (Wildman–Crippen LogP) is 2.64. The normalized spacial score (nSPS) is 10.8. The highest BCUT2D eigenvalue weighted by molar-refractivity contribution is 5.85. The average Bonchev–Trinajstić information content (AvgIpc) is 2.46. The fraction of sp³-hybridized carbons (Fsp3) is 0.133. The summed E-state index contributed by atoms with van der Waals surface area (Å²) in [5, 5.41) is 18.9. The number of benzene rings is 2. The number of aromatic hydroxyl groups is 1. The molecular weight excluding hydrogens is 242 g/mol. The quantitative estimate of drug-likeness (QED) is 0.828. The Morgan fingerprint density at radius 3 is 2.68 bits per heavy atom. The Morgan fingerprint density at radius 2 is 2.00 bits per heavy atom. The molecule has 0 aromatic heterocycles. The second-order valence-electron chi connectivity index (χ2n) is 3.97. The van der Waals surface area contributed by atoms with Gasteiger partial charge in [-0.3, -0.25) is 4.99 Å². The van der Waals surface area contributed by atoms with Crippen LogP contribution in [0.15, 0.2) is 47.5 Å². The molecule has 2 aromatic carbocycles. The van der Waals surface area contributed by atoms with E-state index in [0.717, 1.165) is 0 Å². The molecule has 0 amide bonds. The number of phenolic OH excluding ortho intramolecular Hbond substituents is 1. The molecule has 0 aliphatic heterocycles. The third kappa shape index (κ3) is 3.11. The SMILES string of the molecule is COc1ccc(N=Cc2ccccc2O)cc1CO. The van der Waals surface area contributed by atoms with E-state index in [-0.39, 0.29) is 12.4 Å². The lowest BCUT2D eigenvalue weighted by Gasteiger charge is -2.06. The Balaban J connectivity index is 2.26. The molecule has 19 heavy (non-hydrogen) atoms. The first kappa shape index (κ1) is 13.1. The van der Waals surface area contributed by atoms with Crippen LogP contribution in [0.25, 0.3) is 0 Å². The van der Waals surface area contributed by atoms with Gasteiger partial charge in [-0.05, 0) is 30.3 Å². The van der Waals surface area contributed by atoms with Crippen molar-refractivity contribution in [2.75, 3.05) is 7.11 Å².